The fraction of sp³-hybridized carbons (Fsp3) is 0.500. The summed E-state index contributed by atoms with van der Waals surface area (Å²) in [5.74, 6) is 0.294. The van der Waals surface area contributed by atoms with Crippen molar-refractivity contribution in [3.05, 3.63) is 53.6 Å². The van der Waals surface area contributed by atoms with Crippen LogP contribution in [0, 0.1) is 0 Å². The van der Waals surface area contributed by atoms with Gasteiger partial charge in [0.25, 0.3) is 0 Å². The van der Waals surface area contributed by atoms with Crippen LogP contribution in [0.15, 0.2) is 42.5 Å². The number of benzene rings is 2. The molecule has 1 atom stereocenters. The molecule has 32 heavy (non-hydrogen) atoms. The van der Waals surface area contributed by atoms with E-state index in [0.717, 1.165) is 11.1 Å². The van der Waals surface area contributed by atoms with E-state index >= 15 is 0 Å². The molecule has 0 amide bonds. The van der Waals surface area contributed by atoms with Crippen LogP contribution < -0.4 is 9.47 Å². The van der Waals surface area contributed by atoms with Crippen molar-refractivity contribution in [3.8, 4) is 17.2 Å². The molecule has 0 saturated carbocycles. The first-order valence-electron chi connectivity index (χ1n) is 10.8. The van der Waals surface area contributed by atoms with E-state index in [4.69, 9.17) is 14.2 Å². The lowest BCUT2D eigenvalue weighted by molar-refractivity contribution is -0.159. The van der Waals surface area contributed by atoms with Gasteiger partial charge in [-0.3, -0.25) is 0 Å². The van der Waals surface area contributed by atoms with Gasteiger partial charge < -0.3 is 24.4 Å². The molecule has 2 rings (SSSR count). The number of phenols is 1. The summed E-state index contributed by atoms with van der Waals surface area (Å²) in [5, 5.41) is 20.4. The van der Waals surface area contributed by atoms with Crippen molar-refractivity contribution >= 4 is 5.97 Å². The molecule has 0 aliphatic heterocycles. The highest BCUT2D eigenvalue weighted by molar-refractivity contribution is 5.77. The smallest absolute Gasteiger partial charge is 0.350 e. The lowest BCUT2D eigenvalue weighted by Crippen LogP contribution is -2.46. The molecule has 2 aromatic rings. The molecule has 6 nitrogen and oxygen atoms in total. The Morgan fingerprint density at radius 2 is 1.38 bits per heavy atom. The minimum absolute atomic E-state index is 0.128. The summed E-state index contributed by atoms with van der Waals surface area (Å²) in [6, 6.07) is 12.5. The Balaban J connectivity index is 2.03. The molecular weight excluding hydrogens is 408 g/mol. The van der Waals surface area contributed by atoms with E-state index < -0.39 is 11.6 Å². The standard InChI is InChI=1S/C26H36O6/c1-24(2,3)20-15-19(16-21(22(20)27)25(4,5)6)31-14-13-30-17-26(7,23(28)29)32-18-11-9-8-10-12-18/h8-12,15-16,27H,13-14,17H2,1-7H3,(H,28,29). The third kappa shape index (κ3) is 6.63. The van der Waals surface area contributed by atoms with E-state index in [1.807, 2.05) is 59.7 Å². The second kappa shape index (κ2) is 9.82. The molecule has 0 fully saturated rings. The highest BCUT2D eigenvalue weighted by Gasteiger charge is 2.36. The SMILES string of the molecule is CC(COCCOc1cc(C(C)(C)C)c(O)c(C(C)(C)C)c1)(Oc1ccccc1)C(=O)O. The van der Waals surface area contributed by atoms with Gasteiger partial charge in [-0.2, -0.15) is 0 Å². The zero-order valence-corrected chi connectivity index (χ0v) is 20.2. The number of hydrogen-bond acceptors (Lipinski definition) is 5. The average Bonchev–Trinajstić information content (AvgIpc) is 2.67. The molecule has 0 aromatic heterocycles. The molecule has 0 heterocycles. The van der Waals surface area contributed by atoms with E-state index in [2.05, 4.69) is 0 Å². The van der Waals surface area contributed by atoms with Gasteiger partial charge in [-0.1, -0.05) is 59.7 Å². The quantitative estimate of drug-likeness (QED) is 0.510. The van der Waals surface area contributed by atoms with Gasteiger partial charge in [0.05, 0.1) is 13.2 Å². The third-order valence-corrected chi connectivity index (χ3v) is 5.11. The maximum absolute atomic E-state index is 11.7. The molecule has 1 unspecified atom stereocenters. The first kappa shape index (κ1) is 25.5. The Labute approximate surface area is 191 Å². The van der Waals surface area contributed by atoms with Crippen LogP contribution >= 0.6 is 0 Å². The lowest BCUT2D eigenvalue weighted by Gasteiger charge is -2.28. The fourth-order valence-electron chi connectivity index (χ4n) is 3.20. The minimum Gasteiger partial charge on any atom is -0.507 e. The molecule has 0 radical (unpaired) electrons. The number of carboxylic acids is 1. The van der Waals surface area contributed by atoms with Crippen LogP contribution in [0.1, 0.15) is 59.6 Å². The van der Waals surface area contributed by atoms with Gasteiger partial charge in [-0.25, -0.2) is 4.79 Å². The fourth-order valence-corrected chi connectivity index (χ4v) is 3.20. The first-order chi connectivity index (χ1) is 14.7. The Morgan fingerprint density at radius 1 is 0.844 bits per heavy atom. The van der Waals surface area contributed by atoms with Crippen molar-refractivity contribution < 1.29 is 29.2 Å². The number of hydrogen-bond donors (Lipinski definition) is 2. The van der Waals surface area contributed by atoms with E-state index in [1.54, 1.807) is 24.3 Å². The summed E-state index contributed by atoms with van der Waals surface area (Å²) in [6.07, 6.45) is 0. The number of phenolic OH excluding ortho intramolecular Hbond substituents is 1. The largest absolute Gasteiger partial charge is 0.507 e. The molecule has 2 N–H and O–H groups in total. The topological polar surface area (TPSA) is 85.2 Å². The minimum atomic E-state index is -1.52. The third-order valence-electron chi connectivity index (χ3n) is 5.11. The zero-order chi connectivity index (χ0) is 24.2. The van der Waals surface area contributed by atoms with Crippen LogP contribution in [0.4, 0.5) is 0 Å². The number of para-hydroxylation sites is 1. The van der Waals surface area contributed by atoms with Crippen molar-refractivity contribution in [3.63, 3.8) is 0 Å². The molecule has 176 valence electrons. The van der Waals surface area contributed by atoms with Gasteiger partial charge in [0.2, 0.25) is 5.60 Å². The molecule has 0 saturated heterocycles. The molecule has 0 aliphatic carbocycles. The van der Waals surface area contributed by atoms with Crippen molar-refractivity contribution in [2.45, 2.75) is 64.9 Å². The summed E-state index contributed by atoms with van der Waals surface area (Å²) in [5.41, 5.74) is -0.388. The van der Waals surface area contributed by atoms with Crippen LogP contribution in [0.2, 0.25) is 0 Å². The van der Waals surface area contributed by atoms with Crippen LogP contribution in [0.3, 0.4) is 0 Å². The van der Waals surface area contributed by atoms with Gasteiger partial charge in [0.1, 0.15) is 23.9 Å². The van der Waals surface area contributed by atoms with Crippen LogP contribution in [0.25, 0.3) is 0 Å². The number of ether oxygens (including phenoxy) is 3. The molecule has 0 spiro atoms. The van der Waals surface area contributed by atoms with Gasteiger partial charge in [0, 0.05) is 11.1 Å². The summed E-state index contributed by atoms with van der Waals surface area (Å²) >= 11 is 0. The highest BCUT2D eigenvalue weighted by Crippen LogP contribution is 2.41. The van der Waals surface area contributed by atoms with E-state index in [-0.39, 0.29) is 30.7 Å². The number of carboxylic acid groups (broad SMARTS) is 1. The predicted octanol–water partition coefficient (Wildman–Crippen LogP) is 5.30. The predicted molar refractivity (Wildman–Crippen MR) is 125 cm³/mol. The Hall–Kier alpha value is -2.73. The maximum atomic E-state index is 11.7. The highest BCUT2D eigenvalue weighted by atomic mass is 16.6. The van der Waals surface area contributed by atoms with Gasteiger partial charge >= 0.3 is 5.97 Å². The molecular formula is C26H36O6. The molecule has 6 heteroatoms. The second-order valence-corrected chi connectivity index (χ2v) is 10.2. The van der Waals surface area contributed by atoms with Crippen molar-refractivity contribution in [1.82, 2.24) is 0 Å². The Kier molecular flexibility index (Phi) is 7.83. The number of carbonyl (C=O) groups is 1. The summed E-state index contributed by atoms with van der Waals surface area (Å²) in [6.45, 7) is 14.0. The Morgan fingerprint density at radius 3 is 1.84 bits per heavy atom. The van der Waals surface area contributed by atoms with Crippen molar-refractivity contribution in [2.75, 3.05) is 19.8 Å². The average molecular weight is 445 g/mol. The molecule has 2 aromatic carbocycles. The van der Waals surface area contributed by atoms with E-state index in [9.17, 15) is 15.0 Å². The summed E-state index contributed by atoms with van der Waals surface area (Å²) in [7, 11) is 0. The van der Waals surface area contributed by atoms with E-state index in [1.165, 1.54) is 6.92 Å². The van der Waals surface area contributed by atoms with E-state index in [0.29, 0.717) is 17.2 Å². The van der Waals surface area contributed by atoms with Crippen molar-refractivity contribution in [1.29, 1.82) is 0 Å². The summed E-state index contributed by atoms with van der Waals surface area (Å²) in [4.78, 5) is 11.7. The zero-order valence-electron chi connectivity index (χ0n) is 20.2. The van der Waals surface area contributed by atoms with Crippen LogP contribution in [-0.4, -0.2) is 41.6 Å². The number of aromatic hydroxyl groups is 1. The second-order valence-electron chi connectivity index (χ2n) is 10.2. The van der Waals surface area contributed by atoms with Crippen molar-refractivity contribution in [2.24, 2.45) is 0 Å². The van der Waals surface area contributed by atoms with Gasteiger partial charge in [-0.15, -0.1) is 0 Å². The number of rotatable bonds is 9. The molecule has 0 bridgehead atoms. The molecule has 0 aliphatic rings. The number of aliphatic carboxylic acids is 1. The lowest BCUT2D eigenvalue weighted by atomic mass is 9.79. The van der Waals surface area contributed by atoms with Crippen LogP contribution in [0.5, 0.6) is 17.2 Å². The first-order valence-corrected chi connectivity index (χ1v) is 10.8. The Bertz CT molecular complexity index is 873. The van der Waals surface area contributed by atoms with Gasteiger partial charge in [0.15, 0.2) is 0 Å². The maximum Gasteiger partial charge on any atom is 0.350 e. The van der Waals surface area contributed by atoms with Crippen LogP contribution in [-0.2, 0) is 20.4 Å². The summed E-state index contributed by atoms with van der Waals surface area (Å²) < 4.78 is 17.1. The normalized spacial score (nSPS) is 14.0. The monoisotopic (exact) mass is 444 g/mol. The van der Waals surface area contributed by atoms with Gasteiger partial charge in [-0.05, 0) is 42.0 Å².